The van der Waals surface area contributed by atoms with Crippen LogP contribution < -0.4 is 10.1 Å². The summed E-state index contributed by atoms with van der Waals surface area (Å²) >= 11 is 0. The van der Waals surface area contributed by atoms with Crippen LogP contribution in [0.4, 0.5) is 13.6 Å². The van der Waals surface area contributed by atoms with Gasteiger partial charge < -0.3 is 14.8 Å². The summed E-state index contributed by atoms with van der Waals surface area (Å²) in [6.45, 7) is 0.130. The van der Waals surface area contributed by atoms with E-state index in [0.29, 0.717) is 12.0 Å². The largest absolute Gasteiger partial charge is 0.488 e. The Morgan fingerprint density at radius 3 is 3.00 bits per heavy atom. The van der Waals surface area contributed by atoms with E-state index < -0.39 is 17.7 Å². The lowest BCUT2D eigenvalue weighted by Crippen LogP contribution is -2.42. The van der Waals surface area contributed by atoms with Gasteiger partial charge >= 0.3 is 6.09 Å². The summed E-state index contributed by atoms with van der Waals surface area (Å²) in [4.78, 5) is 11.0. The van der Waals surface area contributed by atoms with Gasteiger partial charge in [-0.1, -0.05) is 0 Å². The number of benzene rings is 1. The normalized spacial score (nSPS) is 17.9. The van der Waals surface area contributed by atoms with Crippen molar-refractivity contribution in [2.75, 3.05) is 13.7 Å². The summed E-state index contributed by atoms with van der Waals surface area (Å²) in [5, 5.41) is 2.52. The van der Waals surface area contributed by atoms with E-state index in [4.69, 9.17) is 4.74 Å². The molecular formula is C11H11F2NO3. The molecule has 0 spiro atoms. The highest BCUT2D eigenvalue weighted by Crippen LogP contribution is 2.28. The van der Waals surface area contributed by atoms with Crippen molar-refractivity contribution in [3.63, 3.8) is 0 Å². The molecule has 1 amide bonds. The van der Waals surface area contributed by atoms with Crippen LogP contribution in [-0.2, 0) is 11.2 Å². The van der Waals surface area contributed by atoms with Crippen LogP contribution in [0, 0.1) is 11.6 Å². The average molecular weight is 243 g/mol. The molecule has 1 atom stereocenters. The molecule has 92 valence electrons. The first-order valence-corrected chi connectivity index (χ1v) is 5.05. The highest BCUT2D eigenvalue weighted by Gasteiger charge is 2.24. The van der Waals surface area contributed by atoms with Gasteiger partial charge in [-0.2, -0.15) is 0 Å². The second-order valence-corrected chi connectivity index (χ2v) is 3.72. The van der Waals surface area contributed by atoms with Crippen molar-refractivity contribution in [3.8, 4) is 5.75 Å². The fourth-order valence-electron chi connectivity index (χ4n) is 1.75. The molecule has 0 saturated heterocycles. The molecule has 1 heterocycles. The fourth-order valence-corrected chi connectivity index (χ4v) is 1.75. The first-order chi connectivity index (χ1) is 8.10. The number of alkyl carbamates (subject to hydrolysis) is 1. The minimum Gasteiger partial charge on any atom is -0.488 e. The maximum absolute atomic E-state index is 13.3. The maximum atomic E-state index is 13.3. The molecule has 1 aromatic rings. The molecule has 1 aliphatic heterocycles. The number of rotatable bonds is 1. The second kappa shape index (κ2) is 4.57. The Kier molecular flexibility index (Phi) is 3.12. The number of carbonyl (C=O) groups is 1. The third kappa shape index (κ3) is 2.46. The number of halogens is 2. The minimum atomic E-state index is -0.725. The van der Waals surface area contributed by atoms with Crippen LogP contribution >= 0.6 is 0 Å². The summed E-state index contributed by atoms with van der Waals surface area (Å²) in [6, 6.07) is 1.62. The van der Waals surface area contributed by atoms with E-state index in [9.17, 15) is 13.6 Å². The monoisotopic (exact) mass is 243 g/mol. The molecule has 6 heteroatoms. The van der Waals surface area contributed by atoms with Gasteiger partial charge in [-0.25, -0.2) is 13.6 Å². The zero-order chi connectivity index (χ0) is 12.4. The molecule has 1 N–H and O–H groups in total. The molecule has 0 bridgehead atoms. The molecular weight excluding hydrogens is 232 g/mol. The lowest BCUT2D eigenvalue weighted by atomic mass is 10.0. The lowest BCUT2D eigenvalue weighted by molar-refractivity contribution is 0.155. The maximum Gasteiger partial charge on any atom is 0.407 e. The standard InChI is InChI=1S/C11H11F2NO3/c1-16-11(15)14-8-3-6-2-7(12)4-9(13)10(6)17-5-8/h2,4,8H,3,5H2,1H3,(H,14,15). The number of ether oxygens (including phenoxy) is 2. The Bertz CT molecular complexity index is 451. The first kappa shape index (κ1) is 11.6. The number of hydrogen-bond acceptors (Lipinski definition) is 3. The Hall–Kier alpha value is -1.85. The van der Waals surface area contributed by atoms with Gasteiger partial charge in [0.15, 0.2) is 11.6 Å². The van der Waals surface area contributed by atoms with E-state index in [1.807, 2.05) is 0 Å². The van der Waals surface area contributed by atoms with Crippen LogP contribution in [-0.4, -0.2) is 25.9 Å². The van der Waals surface area contributed by atoms with Gasteiger partial charge in [0.05, 0.1) is 13.2 Å². The smallest absolute Gasteiger partial charge is 0.407 e. The van der Waals surface area contributed by atoms with Crippen LogP contribution in [0.15, 0.2) is 12.1 Å². The second-order valence-electron chi connectivity index (χ2n) is 3.72. The van der Waals surface area contributed by atoms with Gasteiger partial charge in [0.25, 0.3) is 0 Å². The number of hydrogen-bond donors (Lipinski definition) is 1. The van der Waals surface area contributed by atoms with Crippen LogP contribution in [0.25, 0.3) is 0 Å². The number of carbonyl (C=O) groups excluding carboxylic acids is 1. The zero-order valence-electron chi connectivity index (χ0n) is 9.13. The molecule has 0 aromatic heterocycles. The van der Waals surface area contributed by atoms with E-state index >= 15 is 0 Å². The van der Waals surface area contributed by atoms with Gasteiger partial charge in [0.1, 0.15) is 12.4 Å². The van der Waals surface area contributed by atoms with Crippen LogP contribution in [0.2, 0.25) is 0 Å². The van der Waals surface area contributed by atoms with Gasteiger partial charge in [-0.15, -0.1) is 0 Å². The highest BCUT2D eigenvalue weighted by atomic mass is 19.1. The molecule has 1 aromatic carbocycles. The zero-order valence-corrected chi connectivity index (χ0v) is 9.13. The van der Waals surface area contributed by atoms with Gasteiger partial charge in [-0.05, 0) is 12.5 Å². The molecule has 2 rings (SSSR count). The number of amides is 1. The van der Waals surface area contributed by atoms with Crippen molar-refractivity contribution in [2.24, 2.45) is 0 Å². The average Bonchev–Trinajstić information content (AvgIpc) is 2.28. The summed E-state index contributed by atoms with van der Waals surface area (Å²) in [6.07, 6.45) is -0.294. The molecule has 1 unspecified atom stereocenters. The van der Waals surface area contributed by atoms with Crippen molar-refractivity contribution in [1.29, 1.82) is 0 Å². The highest BCUT2D eigenvalue weighted by molar-refractivity contribution is 5.67. The molecule has 17 heavy (non-hydrogen) atoms. The quantitative estimate of drug-likeness (QED) is 0.815. The molecule has 0 radical (unpaired) electrons. The molecule has 0 saturated carbocycles. The number of nitrogens with one attached hydrogen (secondary N) is 1. The van der Waals surface area contributed by atoms with Crippen LogP contribution in [0.5, 0.6) is 5.75 Å². The summed E-state index contributed by atoms with van der Waals surface area (Å²) < 4.78 is 35.9. The Labute approximate surface area is 96.5 Å². The number of fused-ring (bicyclic) bond motifs is 1. The SMILES string of the molecule is COC(=O)NC1COc2c(F)cc(F)cc2C1. The fraction of sp³-hybridized carbons (Fsp3) is 0.364. The van der Waals surface area contributed by atoms with Crippen LogP contribution in [0.1, 0.15) is 5.56 Å². The summed E-state index contributed by atoms with van der Waals surface area (Å²) in [5.74, 6) is -1.34. The lowest BCUT2D eigenvalue weighted by Gasteiger charge is -2.25. The van der Waals surface area contributed by atoms with E-state index in [0.717, 1.165) is 6.07 Å². The van der Waals surface area contributed by atoms with Crippen LogP contribution in [0.3, 0.4) is 0 Å². The third-order valence-electron chi connectivity index (χ3n) is 2.49. The van der Waals surface area contributed by atoms with Gasteiger partial charge in [0, 0.05) is 11.6 Å². The van der Waals surface area contributed by atoms with Crippen molar-refractivity contribution < 1.29 is 23.0 Å². The van der Waals surface area contributed by atoms with E-state index in [1.165, 1.54) is 13.2 Å². The van der Waals surface area contributed by atoms with Crippen molar-refractivity contribution >= 4 is 6.09 Å². The third-order valence-corrected chi connectivity index (χ3v) is 2.49. The molecule has 1 aliphatic rings. The van der Waals surface area contributed by atoms with Crippen molar-refractivity contribution in [3.05, 3.63) is 29.3 Å². The van der Waals surface area contributed by atoms with Gasteiger partial charge in [-0.3, -0.25) is 0 Å². The number of methoxy groups -OCH3 is 1. The van der Waals surface area contributed by atoms with Crippen molar-refractivity contribution in [1.82, 2.24) is 5.32 Å². The topological polar surface area (TPSA) is 47.6 Å². The molecule has 4 nitrogen and oxygen atoms in total. The minimum absolute atomic E-state index is 0.0503. The predicted molar refractivity (Wildman–Crippen MR) is 54.9 cm³/mol. The van der Waals surface area contributed by atoms with Gasteiger partial charge in [0.2, 0.25) is 0 Å². The molecule has 0 fully saturated rings. The Morgan fingerprint density at radius 1 is 1.53 bits per heavy atom. The van der Waals surface area contributed by atoms with E-state index in [-0.39, 0.29) is 18.4 Å². The molecule has 0 aliphatic carbocycles. The van der Waals surface area contributed by atoms with E-state index in [2.05, 4.69) is 10.1 Å². The van der Waals surface area contributed by atoms with Crippen molar-refractivity contribution in [2.45, 2.75) is 12.5 Å². The summed E-state index contributed by atoms with van der Waals surface area (Å²) in [5.41, 5.74) is 0.398. The Morgan fingerprint density at radius 2 is 2.29 bits per heavy atom. The Balaban J connectivity index is 2.15. The van der Waals surface area contributed by atoms with E-state index in [1.54, 1.807) is 0 Å². The summed E-state index contributed by atoms with van der Waals surface area (Å²) in [7, 11) is 1.24. The first-order valence-electron chi connectivity index (χ1n) is 5.05. The predicted octanol–water partition coefficient (Wildman–Crippen LogP) is 1.62.